The molecule has 0 fully saturated rings. The van der Waals surface area contributed by atoms with Crippen LogP contribution in [0.4, 0.5) is 11.4 Å². The number of aryl methyl sites for hydroxylation is 1. The first-order valence-electron chi connectivity index (χ1n) is 7.27. The molecule has 0 bridgehead atoms. The average Bonchev–Trinajstić information content (AvgIpc) is 2.94. The van der Waals surface area contributed by atoms with Gasteiger partial charge in [-0.15, -0.1) is 0 Å². The van der Waals surface area contributed by atoms with Crippen LogP contribution in [-0.4, -0.2) is 23.0 Å². The van der Waals surface area contributed by atoms with Gasteiger partial charge >= 0.3 is 0 Å². The molecule has 4 N–H and O–H groups in total. The highest BCUT2D eigenvalue weighted by Crippen LogP contribution is 2.16. The summed E-state index contributed by atoms with van der Waals surface area (Å²) in [5.74, 6) is -0.273. The Hall–Kier alpha value is -2.67. The van der Waals surface area contributed by atoms with Crippen molar-refractivity contribution >= 4 is 23.2 Å². The molecule has 0 radical (unpaired) electrons. The summed E-state index contributed by atoms with van der Waals surface area (Å²) < 4.78 is 4.86. The van der Waals surface area contributed by atoms with E-state index in [2.05, 4.69) is 15.8 Å². The van der Waals surface area contributed by atoms with Gasteiger partial charge < -0.3 is 20.9 Å². The second-order valence-corrected chi connectivity index (χ2v) is 5.46. The van der Waals surface area contributed by atoms with Gasteiger partial charge in [-0.25, -0.2) is 0 Å². The van der Waals surface area contributed by atoms with Gasteiger partial charge in [0.05, 0.1) is 12.1 Å². The minimum absolute atomic E-state index is 0.142. The fourth-order valence-electron chi connectivity index (χ4n) is 1.85. The standard InChI is InChI=1S/C16H20N4O3/c1-9(10(2)17)15(21)19-12-4-6-13(7-5-12)20-16(22)14-8-18-23-11(14)3/h4-10H,17H2,1-3H3,(H,19,21)(H,20,22). The Morgan fingerprint density at radius 3 is 2.17 bits per heavy atom. The summed E-state index contributed by atoms with van der Waals surface area (Å²) in [6, 6.07) is 6.60. The van der Waals surface area contributed by atoms with Crippen LogP contribution < -0.4 is 16.4 Å². The second-order valence-electron chi connectivity index (χ2n) is 5.46. The summed E-state index contributed by atoms with van der Waals surface area (Å²) >= 11 is 0. The zero-order chi connectivity index (χ0) is 17.0. The van der Waals surface area contributed by atoms with Crippen molar-refractivity contribution in [3.8, 4) is 0 Å². The molecule has 0 aliphatic rings. The molecule has 2 rings (SSSR count). The predicted octanol–water partition coefficient (Wildman–Crippen LogP) is 2.16. The molecule has 1 aromatic heterocycles. The molecule has 0 saturated carbocycles. The molecule has 2 aromatic rings. The molecule has 7 heteroatoms. The lowest BCUT2D eigenvalue weighted by Gasteiger charge is -2.15. The van der Waals surface area contributed by atoms with E-state index >= 15 is 0 Å². The summed E-state index contributed by atoms with van der Waals surface area (Å²) in [7, 11) is 0. The Bertz CT molecular complexity index is 692. The maximum absolute atomic E-state index is 12.0. The van der Waals surface area contributed by atoms with E-state index in [0.29, 0.717) is 22.7 Å². The van der Waals surface area contributed by atoms with Crippen LogP contribution in [0.2, 0.25) is 0 Å². The normalized spacial score (nSPS) is 13.2. The number of nitrogens with one attached hydrogen (secondary N) is 2. The third kappa shape index (κ3) is 4.17. The Labute approximate surface area is 134 Å². The van der Waals surface area contributed by atoms with Crippen molar-refractivity contribution in [2.75, 3.05) is 10.6 Å². The first-order chi connectivity index (χ1) is 10.9. The molecule has 1 heterocycles. The Morgan fingerprint density at radius 1 is 1.13 bits per heavy atom. The second kappa shape index (κ2) is 7.06. The maximum atomic E-state index is 12.0. The highest BCUT2D eigenvalue weighted by molar-refractivity contribution is 6.04. The third-order valence-electron chi connectivity index (χ3n) is 3.61. The topological polar surface area (TPSA) is 110 Å². The zero-order valence-electron chi connectivity index (χ0n) is 13.3. The molecule has 23 heavy (non-hydrogen) atoms. The number of aromatic nitrogens is 1. The number of hydrogen-bond donors (Lipinski definition) is 3. The quantitative estimate of drug-likeness (QED) is 0.783. The molecule has 0 spiro atoms. The minimum Gasteiger partial charge on any atom is -0.361 e. The molecule has 122 valence electrons. The van der Waals surface area contributed by atoms with Crippen LogP contribution in [0.15, 0.2) is 35.0 Å². The molecule has 0 aliphatic carbocycles. The van der Waals surface area contributed by atoms with Gasteiger partial charge in [0.2, 0.25) is 5.91 Å². The summed E-state index contributed by atoms with van der Waals surface area (Å²) in [5, 5.41) is 9.09. The highest BCUT2D eigenvalue weighted by atomic mass is 16.5. The monoisotopic (exact) mass is 316 g/mol. The van der Waals surface area contributed by atoms with Crippen molar-refractivity contribution in [3.63, 3.8) is 0 Å². The number of hydrogen-bond acceptors (Lipinski definition) is 5. The van der Waals surface area contributed by atoms with Gasteiger partial charge in [0.1, 0.15) is 11.3 Å². The van der Waals surface area contributed by atoms with E-state index in [1.54, 1.807) is 45.0 Å². The van der Waals surface area contributed by atoms with Gasteiger partial charge in [-0.1, -0.05) is 12.1 Å². The fourth-order valence-corrected chi connectivity index (χ4v) is 1.85. The van der Waals surface area contributed by atoms with Gasteiger partial charge in [0, 0.05) is 17.4 Å². The van der Waals surface area contributed by atoms with Crippen molar-refractivity contribution < 1.29 is 14.1 Å². The van der Waals surface area contributed by atoms with E-state index in [1.165, 1.54) is 6.20 Å². The molecule has 2 atom stereocenters. The number of amides is 2. The molecular formula is C16H20N4O3. The summed E-state index contributed by atoms with van der Waals surface area (Å²) in [6.07, 6.45) is 1.37. The maximum Gasteiger partial charge on any atom is 0.260 e. The van der Waals surface area contributed by atoms with E-state index in [4.69, 9.17) is 10.3 Å². The number of benzene rings is 1. The van der Waals surface area contributed by atoms with Gasteiger partial charge in [-0.05, 0) is 38.1 Å². The SMILES string of the molecule is Cc1oncc1C(=O)Nc1ccc(NC(=O)C(C)C(C)N)cc1. The van der Waals surface area contributed by atoms with E-state index in [9.17, 15) is 9.59 Å². The summed E-state index contributed by atoms with van der Waals surface area (Å²) in [5.41, 5.74) is 7.34. The number of anilines is 2. The number of rotatable bonds is 5. The molecule has 0 aliphatic heterocycles. The summed E-state index contributed by atoms with van der Waals surface area (Å²) in [6.45, 7) is 5.23. The minimum atomic E-state index is -0.300. The van der Waals surface area contributed by atoms with Crippen LogP contribution in [0.3, 0.4) is 0 Å². The molecule has 7 nitrogen and oxygen atoms in total. The molecule has 1 aromatic carbocycles. The van der Waals surface area contributed by atoms with E-state index in [-0.39, 0.29) is 23.8 Å². The van der Waals surface area contributed by atoms with Gasteiger partial charge in [0.25, 0.3) is 5.91 Å². The molecule has 2 unspecified atom stereocenters. The van der Waals surface area contributed by atoms with E-state index < -0.39 is 0 Å². The zero-order valence-corrected chi connectivity index (χ0v) is 13.3. The van der Waals surface area contributed by atoms with E-state index in [0.717, 1.165) is 0 Å². The molecular weight excluding hydrogens is 296 g/mol. The smallest absolute Gasteiger partial charge is 0.260 e. The van der Waals surface area contributed by atoms with Gasteiger partial charge in [0.15, 0.2) is 0 Å². The van der Waals surface area contributed by atoms with Crippen LogP contribution in [0.1, 0.15) is 30.0 Å². The lowest BCUT2D eigenvalue weighted by molar-refractivity contribution is -0.119. The van der Waals surface area contributed by atoms with Crippen molar-refractivity contribution in [3.05, 3.63) is 41.8 Å². The van der Waals surface area contributed by atoms with Crippen molar-refractivity contribution in [1.29, 1.82) is 0 Å². The molecule has 0 saturated heterocycles. The van der Waals surface area contributed by atoms with Crippen LogP contribution in [-0.2, 0) is 4.79 Å². The lowest BCUT2D eigenvalue weighted by atomic mass is 10.0. The summed E-state index contributed by atoms with van der Waals surface area (Å²) in [4.78, 5) is 24.0. The average molecular weight is 316 g/mol. The molecule has 2 amide bonds. The number of carbonyl (C=O) groups is 2. The van der Waals surface area contributed by atoms with Crippen LogP contribution in [0.5, 0.6) is 0 Å². The van der Waals surface area contributed by atoms with Crippen molar-refractivity contribution in [2.45, 2.75) is 26.8 Å². The van der Waals surface area contributed by atoms with E-state index in [1.807, 2.05) is 0 Å². The van der Waals surface area contributed by atoms with Crippen LogP contribution in [0, 0.1) is 12.8 Å². The first kappa shape index (κ1) is 16.7. The largest absolute Gasteiger partial charge is 0.361 e. The highest BCUT2D eigenvalue weighted by Gasteiger charge is 2.17. The van der Waals surface area contributed by atoms with Gasteiger partial charge in [-0.2, -0.15) is 0 Å². The Balaban J connectivity index is 1.98. The fraction of sp³-hybridized carbons (Fsp3) is 0.312. The van der Waals surface area contributed by atoms with Crippen LogP contribution in [0.25, 0.3) is 0 Å². The number of carbonyl (C=O) groups excluding carboxylic acids is 2. The Kier molecular flexibility index (Phi) is 5.13. The number of nitrogens with zero attached hydrogens (tertiary/aromatic N) is 1. The number of nitrogens with two attached hydrogens (primary N) is 1. The van der Waals surface area contributed by atoms with Crippen molar-refractivity contribution in [1.82, 2.24) is 5.16 Å². The van der Waals surface area contributed by atoms with Crippen LogP contribution >= 0.6 is 0 Å². The first-order valence-corrected chi connectivity index (χ1v) is 7.27. The van der Waals surface area contributed by atoms with Crippen molar-refractivity contribution in [2.24, 2.45) is 11.7 Å². The third-order valence-corrected chi connectivity index (χ3v) is 3.61. The lowest BCUT2D eigenvalue weighted by Crippen LogP contribution is -2.34. The Morgan fingerprint density at radius 2 is 1.70 bits per heavy atom. The predicted molar refractivity (Wildman–Crippen MR) is 87.1 cm³/mol. The van der Waals surface area contributed by atoms with Gasteiger partial charge in [-0.3, -0.25) is 9.59 Å².